The molecule has 0 aliphatic carbocycles. The van der Waals surface area contributed by atoms with Crippen LogP contribution < -0.4 is 5.32 Å². The Morgan fingerprint density at radius 2 is 2.00 bits per heavy atom. The third kappa shape index (κ3) is 2.34. The lowest BCUT2D eigenvalue weighted by molar-refractivity contribution is -0.375. The van der Waals surface area contributed by atoms with Gasteiger partial charge in [0.25, 0.3) is 11.6 Å². The Balaban J connectivity index is 2.57. The Morgan fingerprint density at radius 3 is 2.47 bits per heavy atom. The number of carbonyl (C=O) groups excluding carboxylic acids is 1. The summed E-state index contributed by atoms with van der Waals surface area (Å²) in [6.45, 7) is 0. The monoisotopic (exact) mass is 266 g/mol. The highest BCUT2D eigenvalue weighted by Crippen LogP contribution is 2.31. The Morgan fingerprint density at radius 1 is 1.35 bits per heavy atom. The second-order valence-electron chi connectivity index (χ2n) is 3.14. The third-order valence-electron chi connectivity index (χ3n) is 2.06. The number of amides is 1. The van der Waals surface area contributed by atoms with Gasteiger partial charge in [-0.3, -0.25) is 14.9 Å². The summed E-state index contributed by atoms with van der Waals surface area (Å²) in [4.78, 5) is 22.0. The number of thiocarbonyl (C=S) groups is 1. The van der Waals surface area contributed by atoms with E-state index >= 15 is 0 Å². The van der Waals surface area contributed by atoms with Crippen LogP contribution in [0.1, 0.15) is 5.56 Å². The van der Waals surface area contributed by atoms with Crippen LogP contribution >= 0.6 is 24.0 Å². The highest BCUT2D eigenvalue weighted by atomic mass is 32.2. The number of benzene rings is 1. The summed E-state index contributed by atoms with van der Waals surface area (Å²) in [5.41, 5.74) is 0.174. The minimum Gasteiger partial charge on any atom is -0.307 e. The lowest BCUT2D eigenvalue weighted by Gasteiger charge is -1.99. The van der Waals surface area contributed by atoms with Crippen molar-refractivity contribution < 1.29 is 9.72 Å². The maximum atomic E-state index is 11.5. The van der Waals surface area contributed by atoms with Crippen molar-refractivity contribution in [1.29, 1.82) is 0 Å². The van der Waals surface area contributed by atoms with E-state index in [0.717, 1.165) is 11.8 Å². The molecule has 17 heavy (non-hydrogen) atoms. The first-order valence-corrected chi connectivity index (χ1v) is 5.79. The van der Waals surface area contributed by atoms with Crippen molar-refractivity contribution in [1.82, 2.24) is 5.32 Å². The molecule has 5 nitrogen and oxygen atoms in total. The van der Waals surface area contributed by atoms with Crippen molar-refractivity contribution >= 4 is 39.9 Å². The van der Waals surface area contributed by atoms with Crippen LogP contribution in [0, 0.1) is 10.1 Å². The van der Waals surface area contributed by atoms with E-state index in [1.807, 2.05) is 0 Å². The third-order valence-corrected chi connectivity index (χ3v) is 3.28. The van der Waals surface area contributed by atoms with Gasteiger partial charge in [0, 0.05) is 0 Å². The van der Waals surface area contributed by atoms with Gasteiger partial charge in [0.05, 0.1) is 10.5 Å². The summed E-state index contributed by atoms with van der Waals surface area (Å²) in [6, 6.07) is 8.27. The normalized spacial score (nSPS) is 17.9. The van der Waals surface area contributed by atoms with E-state index in [0.29, 0.717) is 5.56 Å². The van der Waals surface area contributed by atoms with Gasteiger partial charge >= 0.3 is 0 Å². The molecule has 1 N–H and O–H groups in total. The fourth-order valence-corrected chi connectivity index (χ4v) is 2.49. The number of nitrogens with zero attached hydrogens (tertiary/aromatic N) is 1. The van der Waals surface area contributed by atoms with Gasteiger partial charge in [-0.05, 0) is 23.9 Å². The van der Waals surface area contributed by atoms with Crippen LogP contribution in [0.5, 0.6) is 0 Å². The molecular weight excluding hydrogens is 260 g/mol. The Hall–Kier alpha value is -1.73. The number of hydrogen-bond donors (Lipinski definition) is 1. The molecule has 1 aromatic carbocycles. The van der Waals surface area contributed by atoms with Crippen molar-refractivity contribution in [2.45, 2.75) is 0 Å². The lowest BCUT2D eigenvalue weighted by atomic mass is 10.1. The molecule has 1 aromatic rings. The highest BCUT2D eigenvalue weighted by Gasteiger charge is 2.33. The molecule has 0 saturated carbocycles. The van der Waals surface area contributed by atoms with Crippen LogP contribution in [0.3, 0.4) is 0 Å². The van der Waals surface area contributed by atoms with Gasteiger partial charge in [-0.2, -0.15) is 0 Å². The molecule has 2 rings (SSSR count). The van der Waals surface area contributed by atoms with Gasteiger partial charge in [-0.1, -0.05) is 30.4 Å². The zero-order valence-corrected chi connectivity index (χ0v) is 10.0. The molecule has 1 fully saturated rings. The molecule has 0 bridgehead atoms. The van der Waals surface area contributed by atoms with Crippen molar-refractivity contribution in [3.05, 3.63) is 50.9 Å². The molecule has 0 spiro atoms. The second-order valence-corrected chi connectivity index (χ2v) is 4.83. The van der Waals surface area contributed by atoms with E-state index < -0.39 is 10.8 Å². The SMILES string of the molecule is O=C1NC(=S)SC1=C(c1ccccc1)[N+](=O)[O-]. The van der Waals surface area contributed by atoms with E-state index in [1.54, 1.807) is 30.3 Å². The van der Waals surface area contributed by atoms with Crippen LogP contribution in [0.2, 0.25) is 0 Å². The van der Waals surface area contributed by atoms with E-state index in [1.165, 1.54) is 0 Å². The highest BCUT2D eigenvalue weighted by molar-refractivity contribution is 8.26. The summed E-state index contributed by atoms with van der Waals surface area (Å²) < 4.78 is 0.236. The van der Waals surface area contributed by atoms with Crippen molar-refractivity contribution in [3.63, 3.8) is 0 Å². The minimum atomic E-state index is -0.564. The number of carbonyl (C=O) groups is 1. The van der Waals surface area contributed by atoms with Crippen LogP contribution in [0.25, 0.3) is 5.70 Å². The average Bonchev–Trinajstić information content (AvgIpc) is 2.59. The molecule has 1 amide bonds. The van der Waals surface area contributed by atoms with Crippen LogP contribution in [0.15, 0.2) is 35.2 Å². The first kappa shape index (κ1) is 11.7. The summed E-state index contributed by atoms with van der Waals surface area (Å²) in [5, 5.41) is 13.4. The first-order chi connectivity index (χ1) is 8.09. The molecule has 0 radical (unpaired) electrons. The molecule has 1 aliphatic rings. The molecule has 7 heteroatoms. The van der Waals surface area contributed by atoms with Crippen molar-refractivity contribution in [2.75, 3.05) is 0 Å². The van der Waals surface area contributed by atoms with E-state index in [2.05, 4.69) is 5.32 Å². The lowest BCUT2D eigenvalue weighted by Crippen LogP contribution is -2.19. The van der Waals surface area contributed by atoms with Gasteiger partial charge in [0.15, 0.2) is 4.91 Å². The number of hydrogen-bond acceptors (Lipinski definition) is 5. The molecule has 0 aromatic heterocycles. The fourth-order valence-electron chi connectivity index (χ4n) is 1.39. The number of nitrogens with one attached hydrogen (secondary N) is 1. The molecule has 1 saturated heterocycles. The van der Waals surface area contributed by atoms with E-state index in [-0.39, 0.29) is 14.9 Å². The van der Waals surface area contributed by atoms with Gasteiger partial charge in [-0.25, -0.2) is 0 Å². The largest absolute Gasteiger partial charge is 0.307 e. The minimum absolute atomic E-state index is 0.0335. The van der Waals surface area contributed by atoms with Crippen LogP contribution in [-0.2, 0) is 4.79 Å². The predicted octanol–water partition coefficient (Wildman–Crippen LogP) is 1.78. The zero-order chi connectivity index (χ0) is 12.4. The first-order valence-electron chi connectivity index (χ1n) is 4.57. The molecule has 1 aliphatic heterocycles. The summed E-state index contributed by atoms with van der Waals surface area (Å²) >= 11 is 5.72. The second kappa shape index (κ2) is 4.64. The summed E-state index contributed by atoms with van der Waals surface area (Å²) in [5.74, 6) is -0.518. The summed E-state index contributed by atoms with van der Waals surface area (Å²) in [7, 11) is 0. The molecule has 0 unspecified atom stereocenters. The maximum absolute atomic E-state index is 11.5. The number of thioether (sulfide) groups is 1. The Bertz CT molecular complexity index is 540. The van der Waals surface area contributed by atoms with Crippen LogP contribution in [0.4, 0.5) is 0 Å². The predicted molar refractivity (Wildman–Crippen MR) is 68.7 cm³/mol. The molecule has 1 heterocycles. The fraction of sp³-hybridized carbons (Fsp3) is 0. The average molecular weight is 266 g/mol. The Kier molecular flexibility index (Phi) is 3.21. The standard InChI is InChI=1S/C10H6N2O3S2/c13-9-8(17-10(16)11-9)7(12(14)15)6-4-2-1-3-5-6/h1-5H,(H,11,13,16). The Labute approximate surface area is 106 Å². The quantitative estimate of drug-likeness (QED) is 0.382. The van der Waals surface area contributed by atoms with Gasteiger partial charge < -0.3 is 5.32 Å². The topological polar surface area (TPSA) is 72.2 Å². The van der Waals surface area contributed by atoms with Gasteiger partial charge in [0.2, 0.25) is 0 Å². The maximum Gasteiger partial charge on any atom is 0.296 e. The zero-order valence-electron chi connectivity index (χ0n) is 8.38. The van der Waals surface area contributed by atoms with Crippen LogP contribution in [-0.4, -0.2) is 15.2 Å². The van der Waals surface area contributed by atoms with Gasteiger partial charge in [0.1, 0.15) is 4.32 Å². The number of rotatable bonds is 2. The molecular formula is C10H6N2O3S2. The number of nitro groups is 1. The van der Waals surface area contributed by atoms with E-state index in [9.17, 15) is 14.9 Å². The molecule has 86 valence electrons. The van der Waals surface area contributed by atoms with Crippen molar-refractivity contribution in [3.8, 4) is 0 Å². The van der Waals surface area contributed by atoms with Gasteiger partial charge in [-0.15, -0.1) is 0 Å². The summed E-state index contributed by atoms with van der Waals surface area (Å²) in [6.07, 6.45) is 0. The van der Waals surface area contributed by atoms with E-state index in [4.69, 9.17) is 12.2 Å². The smallest absolute Gasteiger partial charge is 0.296 e. The van der Waals surface area contributed by atoms with Crippen molar-refractivity contribution in [2.24, 2.45) is 0 Å². The molecule has 0 atom stereocenters.